The number of aromatic amines is 1. The van der Waals surface area contributed by atoms with Crippen LogP contribution in [0.1, 0.15) is 31.7 Å². The van der Waals surface area contributed by atoms with Gasteiger partial charge < -0.3 is 14.6 Å². The lowest BCUT2D eigenvalue weighted by molar-refractivity contribution is -0.0422. The van der Waals surface area contributed by atoms with Crippen molar-refractivity contribution in [1.82, 2.24) is 15.0 Å². The lowest BCUT2D eigenvalue weighted by Crippen LogP contribution is -2.31. The molecule has 0 atom stereocenters. The van der Waals surface area contributed by atoms with E-state index in [1.165, 1.54) is 0 Å². The first-order valence-electron chi connectivity index (χ1n) is 8.23. The van der Waals surface area contributed by atoms with Crippen LogP contribution in [0.25, 0.3) is 11.4 Å². The zero-order valence-corrected chi connectivity index (χ0v) is 16.2. The number of nitrogens with zero attached hydrogens (tertiary/aromatic N) is 3. The molecule has 8 heteroatoms. The quantitative estimate of drug-likeness (QED) is 0.694. The van der Waals surface area contributed by atoms with Gasteiger partial charge in [0.15, 0.2) is 0 Å². The molecule has 0 aliphatic carbocycles. The van der Waals surface area contributed by atoms with Crippen molar-refractivity contribution in [2.45, 2.75) is 44.8 Å². The van der Waals surface area contributed by atoms with Gasteiger partial charge in [0.1, 0.15) is 11.6 Å². The van der Waals surface area contributed by atoms with E-state index in [0.29, 0.717) is 31.2 Å². The monoisotopic (exact) mass is 460 g/mol. The van der Waals surface area contributed by atoms with Crippen LogP contribution in [0.5, 0.6) is 0 Å². The van der Waals surface area contributed by atoms with E-state index in [1.807, 2.05) is 19.9 Å². The first-order chi connectivity index (χ1) is 11.7. The molecule has 0 spiro atoms. The summed E-state index contributed by atoms with van der Waals surface area (Å²) in [5, 5.41) is 0. The van der Waals surface area contributed by atoms with Gasteiger partial charge in [-0.2, -0.15) is 0 Å². The number of hydrogen-bond donors (Lipinski definition) is 1. The van der Waals surface area contributed by atoms with Crippen molar-refractivity contribution in [3.05, 3.63) is 27.2 Å². The van der Waals surface area contributed by atoms with Gasteiger partial charge in [-0.15, -0.1) is 0 Å². The number of H-pyrrole nitrogens is 1. The number of nitrogens with one attached hydrogen (secondary N) is 1. The van der Waals surface area contributed by atoms with Gasteiger partial charge in [-0.1, -0.05) is 0 Å². The first kappa shape index (κ1) is 17.1. The zero-order valence-electron chi connectivity index (χ0n) is 14.1. The third-order valence-corrected chi connectivity index (χ3v) is 5.55. The number of halogens is 3. The fraction of sp³-hybridized carbons (Fsp3) is 0.529. The number of anilines is 1. The summed E-state index contributed by atoms with van der Waals surface area (Å²) in [7, 11) is 0. The van der Waals surface area contributed by atoms with E-state index in [9.17, 15) is 8.78 Å². The van der Waals surface area contributed by atoms with Crippen molar-refractivity contribution in [3.63, 3.8) is 0 Å². The topological polar surface area (TPSA) is 54.0 Å². The summed E-state index contributed by atoms with van der Waals surface area (Å²) in [5.41, 5.74) is 2.46. The molecule has 1 saturated heterocycles. The normalized spacial score (nSPS) is 21.4. The average Bonchev–Trinajstić information content (AvgIpc) is 3.08. The van der Waals surface area contributed by atoms with Gasteiger partial charge in [0.25, 0.3) is 5.92 Å². The number of fused-ring (bicyclic) bond motifs is 1. The fourth-order valence-electron chi connectivity index (χ4n) is 3.35. The Hall–Kier alpha value is -1.29. The van der Waals surface area contributed by atoms with Crippen LogP contribution in [0.15, 0.2) is 12.3 Å². The van der Waals surface area contributed by atoms with E-state index >= 15 is 0 Å². The van der Waals surface area contributed by atoms with E-state index in [1.54, 1.807) is 11.1 Å². The van der Waals surface area contributed by atoms with Crippen molar-refractivity contribution in [3.8, 4) is 11.4 Å². The maximum atomic E-state index is 13.7. The molecule has 1 N–H and O–H groups in total. The molecule has 4 heterocycles. The van der Waals surface area contributed by atoms with E-state index in [0.717, 1.165) is 20.5 Å². The zero-order chi connectivity index (χ0) is 17.8. The van der Waals surface area contributed by atoms with Crippen LogP contribution in [0.2, 0.25) is 0 Å². The standard InChI is InChI=1S/C17H19F2IN4O/c1-16(2)7-11-12(8-25-16)23-14(22-11)13-10(20)3-5-21-15(13)24-6-4-17(18,19)9-24/h3,5H,4,6-9H2,1-2H3,(H,22,23). The first-order valence-corrected chi connectivity index (χ1v) is 9.31. The summed E-state index contributed by atoms with van der Waals surface area (Å²) in [4.78, 5) is 14.1. The van der Waals surface area contributed by atoms with Crippen molar-refractivity contribution in [1.29, 1.82) is 0 Å². The maximum absolute atomic E-state index is 13.7. The Balaban J connectivity index is 1.75. The molecule has 2 aliphatic rings. The summed E-state index contributed by atoms with van der Waals surface area (Å²) in [6.07, 6.45) is 2.23. The molecule has 0 saturated carbocycles. The van der Waals surface area contributed by atoms with Gasteiger partial charge >= 0.3 is 0 Å². The number of imidazole rings is 1. The third kappa shape index (κ3) is 3.25. The summed E-state index contributed by atoms with van der Waals surface area (Å²) >= 11 is 2.21. The Labute approximate surface area is 158 Å². The smallest absolute Gasteiger partial charge is 0.266 e. The van der Waals surface area contributed by atoms with Crippen LogP contribution in [0.4, 0.5) is 14.6 Å². The second-order valence-electron chi connectivity index (χ2n) is 7.25. The Morgan fingerprint density at radius 2 is 2.16 bits per heavy atom. The average molecular weight is 460 g/mol. The van der Waals surface area contributed by atoms with Gasteiger partial charge in [0.2, 0.25) is 0 Å². The summed E-state index contributed by atoms with van der Waals surface area (Å²) in [6, 6.07) is 1.87. The van der Waals surface area contributed by atoms with Crippen LogP contribution in [-0.4, -0.2) is 39.6 Å². The highest BCUT2D eigenvalue weighted by Crippen LogP contribution is 2.38. The SMILES string of the molecule is CC1(C)Cc2nc(-c3c(I)ccnc3N3CCC(F)(F)C3)[nH]c2CO1. The number of ether oxygens (including phenoxy) is 1. The molecule has 0 amide bonds. The summed E-state index contributed by atoms with van der Waals surface area (Å²) < 4.78 is 34.1. The van der Waals surface area contributed by atoms with E-state index in [-0.39, 0.29) is 18.6 Å². The highest BCUT2D eigenvalue weighted by Gasteiger charge is 2.40. The predicted octanol–water partition coefficient (Wildman–Crippen LogP) is 3.77. The molecule has 2 aromatic rings. The van der Waals surface area contributed by atoms with Gasteiger partial charge in [0.05, 0.1) is 35.7 Å². The minimum Gasteiger partial charge on any atom is -0.369 e. The van der Waals surface area contributed by atoms with E-state index < -0.39 is 5.92 Å². The number of aromatic nitrogens is 3. The molecule has 0 bridgehead atoms. The molecule has 1 fully saturated rings. The van der Waals surface area contributed by atoms with Crippen molar-refractivity contribution in [2.24, 2.45) is 0 Å². The molecule has 2 aliphatic heterocycles. The van der Waals surface area contributed by atoms with Crippen LogP contribution in [0, 0.1) is 3.57 Å². The predicted molar refractivity (Wildman–Crippen MR) is 98.9 cm³/mol. The number of alkyl halides is 2. The Bertz CT molecular complexity index is 821. The molecule has 134 valence electrons. The number of pyridine rings is 1. The Morgan fingerprint density at radius 1 is 1.36 bits per heavy atom. The van der Waals surface area contributed by atoms with Gasteiger partial charge in [-0.05, 0) is 42.5 Å². The number of rotatable bonds is 2. The Morgan fingerprint density at radius 3 is 2.88 bits per heavy atom. The third-order valence-electron chi connectivity index (χ3n) is 4.65. The van der Waals surface area contributed by atoms with Crippen LogP contribution >= 0.6 is 22.6 Å². The fourth-order valence-corrected chi connectivity index (χ4v) is 4.01. The lowest BCUT2D eigenvalue weighted by Gasteiger charge is -2.28. The second kappa shape index (κ2) is 5.87. The largest absolute Gasteiger partial charge is 0.369 e. The van der Waals surface area contributed by atoms with Crippen LogP contribution in [-0.2, 0) is 17.8 Å². The second-order valence-corrected chi connectivity index (χ2v) is 8.42. The molecule has 5 nitrogen and oxygen atoms in total. The van der Waals surface area contributed by atoms with E-state index in [4.69, 9.17) is 9.72 Å². The van der Waals surface area contributed by atoms with Gasteiger partial charge in [0, 0.05) is 29.2 Å². The summed E-state index contributed by atoms with van der Waals surface area (Å²) in [6.45, 7) is 4.54. The molecular weight excluding hydrogens is 441 g/mol. The van der Waals surface area contributed by atoms with Crippen molar-refractivity contribution in [2.75, 3.05) is 18.0 Å². The molecular formula is C17H19F2IN4O. The van der Waals surface area contributed by atoms with Gasteiger partial charge in [-0.25, -0.2) is 18.7 Å². The molecule has 2 aromatic heterocycles. The molecule has 0 radical (unpaired) electrons. The minimum absolute atomic E-state index is 0.143. The van der Waals surface area contributed by atoms with Crippen LogP contribution < -0.4 is 4.90 Å². The molecule has 25 heavy (non-hydrogen) atoms. The Kier molecular flexibility index (Phi) is 4.02. The lowest BCUT2D eigenvalue weighted by atomic mass is 9.99. The summed E-state index contributed by atoms with van der Waals surface area (Å²) in [5.74, 6) is -1.43. The highest BCUT2D eigenvalue weighted by atomic mass is 127. The van der Waals surface area contributed by atoms with Crippen molar-refractivity contribution >= 4 is 28.4 Å². The van der Waals surface area contributed by atoms with Crippen molar-refractivity contribution < 1.29 is 13.5 Å². The number of hydrogen-bond acceptors (Lipinski definition) is 4. The van der Waals surface area contributed by atoms with Gasteiger partial charge in [-0.3, -0.25) is 0 Å². The minimum atomic E-state index is -2.67. The molecule has 0 aromatic carbocycles. The van der Waals surface area contributed by atoms with Crippen LogP contribution in [0.3, 0.4) is 0 Å². The molecule has 0 unspecified atom stereocenters. The molecule has 4 rings (SSSR count). The maximum Gasteiger partial charge on any atom is 0.266 e. The van der Waals surface area contributed by atoms with E-state index in [2.05, 4.69) is 32.6 Å². The highest BCUT2D eigenvalue weighted by molar-refractivity contribution is 14.1.